The van der Waals surface area contributed by atoms with E-state index in [4.69, 9.17) is 11.6 Å². The maximum Gasteiger partial charge on any atom is 0.227 e. The second-order valence-electron chi connectivity index (χ2n) is 5.44. The average molecular weight is 327 g/mol. The summed E-state index contributed by atoms with van der Waals surface area (Å²) < 4.78 is 0. The van der Waals surface area contributed by atoms with Crippen molar-refractivity contribution in [2.45, 2.75) is 12.8 Å². The summed E-state index contributed by atoms with van der Waals surface area (Å²) in [6, 6.07) is 3.62. The highest BCUT2D eigenvalue weighted by Crippen LogP contribution is 2.24. The number of anilines is 1. The summed E-state index contributed by atoms with van der Waals surface area (Å²) >= 11 is 7.70. The number of halogens is 1. The summed E-state index contributed by atoms with van der Waals surface area (Å²) in [5.74, 6) is 3.32. The standard InChI is InChI=1S/C14H19ClN4OS/c15-12-3-4-13(17-16-12)19-5-1-2-11(10-19)14(20)18-6-8-21-9-7-18/h3-4,11H,1-2,5-10H2/t11-/m0/s1. The van der Waals surface area contributed by atoms with Crippen molar-refractivity contribution in [2.24, 2.45) is 5.92 Å². The lowest BCUT2D eigenvalue weighted by Crippen LogP contribution is -2.47. The lowest BCUT2D eigenvalue weighted by Gasteiger charge is -2.36. The third-order valence-corrected chi connectivity index (χ3v) is 5.18. The SMILES string of the molecule is O=C([C@H]1CCCN(c2ccc(Cl)nn2)C1)N1CCSCC1. The van der Waals surface area contributed by atoms with Gasteiger partial charge in [-0.15, -0.1) is 10.2 Å². The maximum absolute atomic E-state index is 12.6. The van der Waals surface area contributed by atoms with Crippen LogP contribution in [0.2, 0.25) is 5.15 Å². The molecule has 3 heterocycles. The number of nitrogens with zero attached hydrogens (tertiary/aromatic N) is 4. The highest BCUT2D eigenvalue weighted by Gasteiger charge is 2.30. The van der Waals surface area contributed by atoms with Crippen LogP contribution in [0, 0.1) is 5.92 Å². The Labute approximate surface area is 134 Å². The first kappa shape index (κ1) is 14.9. The first-order valence-corrected chi connectivity index (χ1v) is 8.88. The Morgan fingerprint density at radius 2 is 2.05 bits per heavy atom. The molecule has 0 radical (unpaired) electrons. The van der Waals surface area contributed by atoms with E-state index in [2.05, 4.69) is 15.1 Å². The van der Waals surface area contributed by atoms with Crippen molar-refractivity contribution in [3.05, 3.63) is 17.3 Å². The van der Waals surface area contributed by atoms with Gasteiger partial charge in [0, 0.05) is 37.7 Å². The molecule has 2 aliphatic heterocycles. The molecular formula is C14H19ClN4OS. The average Bonchev–Trinajstić information content (AvgIpc) is 2.56. The van der Waals surface area contributed by atoms with Crippen LogP contribution in [0.4, 0.5) is 5.82 Å². The first-order chi connectivity index (χ1) is 10.2. The molecule has 1 aromatic heterocycles. The third kappa shape index (κ3) is 3.61. The molecule has 0 aromatic carbocycles. The molecule has 1 aromatic rings. The van der Waals surface area contributed by atoms with Crippen molar-refractivity contribution in [3.8, 4) is 0 Å². The van der Waals surface area contributed by atoms with Crippen LogP contribution in [-0.2, 0) is 4.79 Å². The quantitative estimate of drug-likeness (QED) is 0.831. The van der Waals surface area contributed by atoms with Crippen LogP contribution in [-0.4, -0.2) is 58.7 Å². The van der Waals surface area contributed by atoms with Gasteiger partial charge in [0.1, 0.15) is 0 Å². The number of carbonyl (C=O) groups excluding carboxylic acids is 1. The summed E-state index contributed by atoms with van der Waals surface area (Å²) in [5, 5.41) is 8.41. The van der Waals surface area contributed by atoms with Gasteiger partial charge in [-0.1, -0.05) is 11.6 Å². The van der Waals surface area contributed by atoms with E-state index in [0.717, 1.165) is 56.3 Å². The molecule has 2 aliphatic rings. The van der Waals surface area contributed by atoms with Crippen LogP contribution in [0.5, 0.6) is 0 Å². The normalized spacial score (nSPS) is 23.2. The van der Waals surface area contributed by atoms with Crippen LogP contribution >= 0.6 is 23.4 Å². The summed E-state index contributed by atoms with van der Waals surface area (Å²) in [7, 11) is 0. The Morgan fingerprint density at radius 3 is 2.76 bits per heavy atom. The molecule has 0 bridgehead atoms. The molecule has 0 aliphatic carbocycles. The minimum atomic E-state index is 0.0827. The van der Waals surface area contributed by atoms with Gasteiger partial charge < -0.3 is 9.80 Å². The minimum Gasteiger partial charge on any atom is -0.354 e. The van der Waals surface area contributed by atoms with E-state index in [1.54, 1.807) is 6.07 Å². The van der Waals surface area contributed by atoms with E-state index < -0.39 is 0 Å². The minimum absolute atomic E-state index is 0.0827. The fraction of sp³-hybridized carbons (Fsp3) is 0.643. The van der Waals surface area contributed by atoms with E-state index in [1.165, 1.54) is 0 Å². The molecule has 2 fully saturated rings. The van der Waals surface area contributed by atoms with Gasteiger partial charge in [-0.25, -0.2) is 0 Å². The molecule has 21 heavy (non-hydrogen) atoms. The van der Waals surface area contributed by atoms with Crippen molar-refractivity contribution < 1.29 is 4.79 Å². The molecule has 2 saturated heterocycles. The number of rotatable bonds is 2. The molecule has 0 unspecified atom stereocenters. The molecule has 0 spiro atoms. The molecule has 5 nitrogen and oxygen atoms in total. The van der Waals surface area contributed by atoms with Crippen molar-refractivity contribution in [1.29, 1.82) is 0 Å². The Balaban J connectivity index is 1.64. The van der Waals surface area contributed by atoms with Crippen molar-refractivity contribution in [3.63, 3.8) is 0 Å². The van der Waals surface area contributed by atoms with Crippen molar-refractivity contribution in [1.82, 2.24) is 15.1 Å². The summed E-state index contributed by atoms with van der Waals surface area (Å²) in [5.41, 5.74) is 0. The molecule has 3 rings (SSSR count). The summed E-state index contributed by atoms with van der Waals surface area (Å²) in [4.78, 5) is 16.8. The highest BCUT2D eigenvalue weighted by molar-refractivity contribution is 7.99. The van der Waals surface area contributed by atoms with E-state index in [9.17, 15) is 4.79 Å². The number of carbonyl (C=O) groups is 1. The largest absolute Gasteiger partial charge is 0.354 e. The van der Waals surface area contributed by atoms with Crippen molar-refractivity contribution in [2.75, 3.05) is 42.6 Å². The number of amides is 1. The summed E-state index contributed by atoms with van der Waals surface area (Å²) in [6.45, 7) is 3.44. The molecular weight excluding hydrogens is 308 g/mol. The number of hydrogen-bond acceptors (Lipinski definition) is 5. The van der Waals surface area contributed by atoms with Gasteiger partial charge in [-0.3, -0.25) is 4.79 Å². The summed E-state index contributed by atoms with van der Waals surface area (Å²) in [6.07, 6.45) is 1.99. The van der Waals surface area contributed by atoms with E-state index in [-0.39, 0.29) is 5.92 Å². The topological polar surface area (TPSA) is 49.3 Å². The van der Waals surface area contributed by atoms with Gasteiger partial charge in [0.2, 0.25) is 5.91 Å². The first-order valence-electron chi connectivity index (χ1n) is 7.35. The van der Waals surface area contributed by atoms with Crippen LogP contribution in [0.3, 0.4) is 0 Å². The molecule has 114 valence electrons. The van der Waals surface area contributed by atoms with E-state index in [0.29, 0.717) is 11.1 Å². The van der Waals surface area contributed by atoms with Crippen LogP contribution in [0.15, 0.2) is 12.1 Å². The molecule has 0 saturated carbocycles. The molecule has 1 amide bonds. The number of aromatic nitrogens is 2. The van der Waals surface area contributed by atoms with Gasteiger partial charge in [-0.2, -0.15) is 11.8 Å². The monoisotopic (exact) mass is 326 g/mol. The van der Waals surface area contributed by atoms with Crippen LogP contribution in [0.1, 0.15) is 12.8 Å². The fourth-order valence-corrected chi connectivity index (χ4v) is 3.91. The predicted octanol–water partition coefficient (Wildman–Crippen LogP) is 1.92. The Hall–Kier alpha value is -1.01. The number of piperidine rings is 1. The molecule has 7 heteroatoms. The van der Waals surface area contributed by atoms with Crippen LogP contribution < -0.4 is 4.90 Å². The number of hydrogen-bond donors (Lipinski definition) is 0. The molecule has 1 atom stereocenters. The van der Waals surface area contributed by atoms with Gasteiger partial charge in [0.25, 0.3) is 0 Å². The maximum atomic E-state index is 12.6. The van der Waals surface area contributed by atoms with E-state index in [1.807, 2.05) is 22.7 Å². The second kappa shape index (κ2) is 6.83. The molecule has 0 N–H and O–H groups in total. The lowest BCUT2D eigenvalue weighted by atomic mass is 9.96. The van der Waals surface area contributed by atoms with Gasteiger partial charge in [0.05, 0.1) is 5.92 Å². The lowest BCUT2D eigenvalue weighted by molar-refractivity contribution is -0.135. The Kier molecular flexibility index (Phi) is 4.85. The smallest absolute Gasteiger partial charge is 0.227 e. The van der Waals surface area contributed by atoms with E-state index >= 15 is 0 Å². The zero-order valence-electron chi connectivity index (χ0n) is 11.9. The Morgan fingerprint density at radius 1 is 1.24 bits per heavy atom. The third-order valence-electron chi connectivity index (χ3n) is 4.04. The highest BCUT2D eigenvalue weighted by atomic mass is 35.5. The van der Waals surface area contributed by atoms with Crippen LogP contribution in [0.25, 0.3) is 0 Å². The Bertz CT molecular complexity index is 492. The zero-order valence-corrected chi connectivity index (χ0v) is 13.4. The van der Waals surface area contributed by atoms with Gasteiger partial charge in [0.15, 0.2) is 11.0 Å². The van der Waals surface area contributed by atoms with Gasteiger partial charge >= 0.3 is 0 Å². The zero-order chi connectivity index (χ0) is 14.7. The predicted molar refractivity (Wildman–Crippen MR) is 85.9 cm³/mol. The van der Waals surface area contributed by atoms with Crippen molar-refractivity contribution >= 4 is 35.1 Å². The van der Waals surface area contributed by atoms with Gasteiger partial charge in [-0.05, 0) is 25.0 Å². The second-order valence-corrected chi connectivity index (χ2v) is 7.05. The fourth-order valence-electron chi connectivity index (χ4n) is 2.91. The number of thioether (sulfide) groups is 1.